The summed E-state index contributed by atoms with van der Waals surface area (Å²) in [6.45, 7) is 4.24. The molecule has 2 aliphatic carbocycles. The number of benzene rings is 3. The van der Waals surface area contributed by atoms with Gasteiger partial charge in [-0.05, 0) is 90.2 Å². The molecule has 1 saturated carbocycles. The summed E-state index contributed by atoms with van der Waals surface area (Å²) in [7, 11) is 0. The summed E-state index contributed by atoms with van der Waals surface area (Å²) in [5, 5.41) is 0. The summed E-state index contributed by atoms with van der Waals surface area (Å²) in [6, 6.07) is 16.0. The van der Waals surface area contributed by atoms with E-state index in [0.29, 0.717) is 23.1 Å². The van der Waals surface area contributed by atoms with E-state index in [4.69, 9.17) is 0 Å². The van der Waals surface area contributed by atoms with Gasteiger partial charge in [0, 0.05) is 11.1 Å². The minimum atomic E-state index is -0.809. The Morgan fingerprint density at radius 3 is 2.00 bits per heavy atom. The van der Waals surface area contributed by atoms with Gasteiger partial charge in [0.25, 0.3) is 0 Å². The third-order valence-electron chi connectivity index (χ3n) is 9.23. The van der Waals surface area contributed by atoms with Crippen molar-refractivity contribution in [3.05, 3.63) is 89.3 Å². The molecule has 3 aromatic carbocycles. The van der Waals surface area contributed by atoms with Crippen molar-refractivity contribution in [1.29, 1.82) is 0 Å². The highest BCUT2D eigenvalue weighted by molar-refractivity contribution is 5.74. The Labute approximate surface area is 232 Å². The highest BCUT2D eigenvalue weighted by Gasteiger charge is 2.29. The zero-order valence-corrected chi connectivity index (χ0v) is 23.4. The first-order valence-corrected chi connectivity index (χ1v) is 15.0. The van der Waals surface area contributed by atoms with Gasteiger partial charge < -0.3 is 0 Å². The van der Waals surface area contributed by atoms with Gasteiger partial charge in [-0.25, -0.2) is 13.2 Å². The molecule has 0 N–H and O–H groups in total. The van der Waals surface area contributed by atoms with Crippen molar-refractivity contribution < 1.29 is 13.2 Å². The lowest BCUT2D eigenvalue weighted by Crippen LogP contribution is -2.23. The van der Waals surface area contributed by atoms with Gasteiger partial charge in [-0.15, -0.1) is 0 Å². The van der Waals surface area contributed by atoms with Gasteiger partial charge in [-0.1, -0.05) is 101 Å². The first kappa shape index (κ1) is 27.7. The van der Waals surface area contributed by atoms with Crippen LogP contribution in [0.15, 0.2) is 60.7 Å². The van der Waals surface area contributed by atoms with E-state index in [1.54, 1.807) is 30.3 Å². The van der Waals surface area contributed by atoms with E-state index in [2.05, 4.69) is 13.0 Å². The number of aryl methyl sites for hydroxylation is 1. The quantitative estimate of drug-likeness (QED) is 0.272. The normalized spacial score (nSPS) is 21.6. The van der Waals surface area contributed by atoms with Crippen molar-refractivity contribution in [2.45, 2.75) is 84.5 Å². The van der Waals surface area contributed by atoms with Crippen molar-refractivity contribution in [3.8, 4) is 22.3 Å². The lowest BCUT2D eigenvalue weighted by Gasteiger charge is -2.35. The molecular weight excluding hydrogens is 489 g/mol. The molecule has 3 aromatic rings. The average molecular weight is 531 g/mol. The molecular formula is C36H41F3. The smallest absolute Gasteiger partial charge is 0.166 e. The van der Waals surface area contributed by atoms with Crippen molar-refractivity contribution in [2.24, 2.45) is 17.8 Å². The molecule has 1 atom stereocenters. The maximum atomic E-state index is 15.3. The number of hydrogen-bond donors (Lipinski definition) is 0. The van der Waals surface area contributed by atoms with Crippen LogP contribution in [0, 0.1) is 35.2 Å². The molecule has 0 spiro atoms. The molecule has 0 heterocycles. The molecule has 2 aliphatic rings. The molecule has 206 valence electrons. The Kier molecular flexibility index (Phi) is 8.95. The molecule has 39 heavy (non-hydrogen) atoms. The number of rotatable bonds is 8. The first-order chi connectivity index (χ1) is 19.0. The molecule has 5 rings (SSSR count). The Morgan fingerprint density at radius 2 is 1.36 bits per heavy atom. The zero-order valence-electron chi connectivity index (χ0n) is 23.4. The molecule has 0 aromatic heterocycles. The molecule has 0 nitrogen and oxygen atoms in total. The standard InChI is InChI=1S/C36H41F3/c1-3-5-24-7-9-25(10-8-24)26-11-15-28(16-12-26)32-21-20-31(23-34(32)37)27-13-17-29(18-14-27)33-22-19-30(6-4-2)35(38)36(33)39/h13-15,17-26H,3-12,16H2,1-2H3. The summed E-state index contributed by atoms with van der Waals surface area (Å²) in [5.74, 6) is 0.755. The topological polar surface area (TPSA) is 0 Å². The van der Waals surface area contributed by atoms with Gasteiger partial charge in [0.2, 0.25) is 0 Å². The highest BCUT2D eigenvalue weighted by Crippen LogP contribution is 2.42. The van der Waals surface area contributed by atoms with E-state index in [0.717, 1.165) is 60.1 Å². The third-order valence-corrected chi connectivity index (χ3v) is 9.23. The third kappa shape index (κ3) is 6.18. The Hall–Kier alpha value is -2.81. The second-order valence-corrected chi connectivity index (χ2v) is 11.8. The number of allylic oxidation sites excluding steroid dienone is 2. The van der Waals surface area contributed by atoms with E-state index >= 15 is 4.39 Å². The predicted octanol–water partition coefficient (Wildman–Crippen LogP) is 11.2. The van der Waals surface area contributed by atoms with Crippen LogP contribution in [-0.4, -0.2) is 0 Å². The Bertz CT molecular complexity index is 1300. The molecule has 3 heteroatoms. The van der Waals surface area contributed by atoms with E-state index in [1.807, 2.05) is 31.2 Å². The van der Waals surface area contributed by atoms with Gasteiger partial charge in [-0.3, -0.25) is 0 Å². The van der Waals surface area contributed by atoms with Gasteiger partial charge in [0.15, 0.2) is 11.6 Å². The molecule has 0 amide bonds. The molecule has 0 bridgehead atoms. The maximum Gasteiger partial charge on any atom is 0.166 e. The number of hydrogen-bond acceptors (Lipinski definition) is 0. The summed E-state index contributed by atoms with van der Waals surface area (Å²) in [4.78, 5) is 0. The Morgan fingerprint density at radius 1 is 0.667 bits per heavy atom. The summed E-state index contributed by atoms with van der Waals surface area (Å²) in [6.07, 6.45) is 14.9. The van der Waals surface area contributed by atoms with Crippen LogP contribution in [0.4, 0.5) is 13.2 Å². The average Bonchev–Trinajstić information content (AvgIpc) is 2.97. The predicted molar refractivity (Wildman–Crippen MR) is 157 cm³/mol. The van der Waals surface area contributed by atoms with Crippen LogP contribution in [0.3, 0.4) is 0 Å². The minimum absolute atomic E-state index is 0.194. The van der Waals surface area contributed by atoms with Crippen LogP contribution in [0.5, 0.6) is 0 Å². The molecule has 0 aliphatic heterocycles. The van der Waals surface area contributed by atoms with Crippen LogP contribution >= 0.6 is 0 Å². The van der Waals surface area contributed by atoms with Crippen molar-refractivity contribution in [1.82, 2.24) is 0 Å². The van der Waals surface area contributed by atoms with Crippen molar-refractivity contribution in [2.75, 3.05) is 0 Å². The Balaban J connectivity index is 1.25. The fourth-order valence-corrected chi connectivity index (χ4v) is 6.96. The van der Waals surface area contributed by atoms with Crippen LogP contribution in [0.1, 0.15) is 89.2 Å². The van der Waals surface area contributed by atoms with Gasteiger partial charge in [0.05, 0.1) is 0 Å². The lowest BCUT2D eigenvalue weighted by atomic mass is 9.70. The lowest BCUT2D eigenvalue weighted by molar-refractivity contribution is 0.189. The van der Waals surface area contributed by atoms with Gasteiger partial charge in [0.1, 0.15) is 5.82 Å². The number of halogens is 3. The highest BCUT2D eigenvalue weighted by atomic mass is 19.2. The van der Waals surface area contributed by atoms with E-state index in [1.165, 1.54) is 38.5 Å². The van der Waals surface area contributed by atoms with Crippen molar-refractivity contribution >= 4 is 5.57 Å². The SMILES string of the molecule is CCCc1ccc(-c2ccc(-c3ccc(C4=CCC(C5CCC(CCC)CC5)CC4)c(F)c3)cc2)c(F)c1F. The van der Waals surface area contributed by atoms with Gasteiger partial charge in [-0.2, -0.15) is 0 Å². The summed E-state index contributed by atoms with van der Waals surface area (Å²) in [5.41, 5.74) is 4.74. The van der Waals surface area contributed by atoms with Crippen LogP contribution in [0.2, 0.25) is 0 Å². The minimum Gasteiger partial charge on any atom is -0.206 e. The molecule has 1 unspecified atom stereocenters. The maximum absolute atomic E-state index is 15.3. The monoisotopic (exact) mass is 530 g/mol. The second-order valence-electron chi connectivity index (χ2n) is 11.8. The van der Waals surface area contributed by atoms with E-state index in [9.17, 15) is 8.78 Å². The second kappa shape index (κ2) is 12.6. The summed E-state index contributed by atoms with van der Waals surface area (Å²) < 4.78 is 44.5. The summed E-state index contributed by atoms with van der Waals surface area (Å²) >= 11 is 0. The fraction of sp³-hybridized carbons (Fsp3) is 0.444. The molecule has 0 saturated heterocycles. The molecule has 0 radical (unpaired) electrons. The van der Waals surface area contributed by atoms with Crippen LogP contribution in [-0.2, 0) is 6.42 Å². The van der Waals surface area contributed by atoms with E-state index < -0.39 is 11.6 Å². The largest absolute Gasteiger partial charge is 0.206 e. The van der Waals surface area contributed by atoms with Crippen LogP contribution < -0.4 is 0 Å². The van der Waals surface area contributed by atoms with Crippen molar-refractivity contribution in [3.63, 3.8) is 0 Å². The molecule has 1 fully saturated rings. The van der Waals surface area contributed by atoms with Gasteiger partial charge >= 0.3 is 0 Å². The van der Waals surface area contributed by atoms with E-state index in [-0.39, 0.29) is 11.4 Å². The fourth-order valence-electron chi connectivity index (χ4n) is 6.96. The van der Waals surface area contributed by atoms with Crippen LogP contribution in [0.25, 0.3) is 27.8 Å². The first-order valence-electron chi connectivity index (χ1n) is 15.0. The zero-order chi connectivity index (χ0) is 27.4.